The second kappa shape index (κ2) is 22.4. The lowest BCUT2D eigenvalue weighted by Crippen LogP contribution is -1.91. The third-order valence-electron chi connectivity index (χ3n) is 4.43. The lowest BCUT2D eigenvalue weighted by molar-refractivity contribution is -0.128. The van der Waals surface area contributed by atoms with Crippen molar-refractivity contribution in [3.8, 4) is 0 Å². The molecule has 1 fully saturated rings. The molecule has 1 N–H and O–H groups in total. The molecule has 0 aromatic heterocycles. The van der Waals surface area contributed by atoms with E-state index in [0.29, 0.717) is 13.1 Å². The lowest BCUT2D eigenvalue weighted by Gasteiger charge is -2.03. The number of ether oxygens (including phenoxy) is 1. The molecule has 3 heteroatoms. The van der Waals surface area contributed by atoms with Crippen molar-refractivity contribution in [1.29, 1.82) is 0 Å². The van der Waals surface area contributed by atoms with Crippen molar-refractivity contribution in [3.05, 3.63) is 0 Å². The number of hydrogen-bond acceptors (Lipinski definition) is 3. The summed E-state index contributed by atoms with van der Waals surface area (Å²) in [4.78, 5) is 9.94. The van der Waals surface area contributed by atoms with Gasteiger partial charge in [0.15, 0.2) is 0 Å². The van der Waals surface area contributed by atoms with Gasteiger partial charge in [-0.3, -0.25) is 4.79 Å². The van der Waals surface area contributed by atoms with Gasteiger partial charge in [0.05, 0.1) is 6.61 Å². The molecule has 1 heterocycles. The molecule has 1 aliphatic heterocycles. The summed E-state index contributed by atoms with van der Waals surface area (Å²) in [5.41, 5.74) is 0. The average molecular weight is 342 g/mol. The Morgan fingerprint density at radius 3 is 1.29 bits per heavy atom. The van der Waals surface area contributed by atoms with E-state index in [-0.39, 0.29) is 0 Å². The minimum Gasteiger partial charge on any atom is -0.468 e. The molecule has 1 rings (SSSR count). The van der Waals surface area contributed by atoms with Crippen LogP contribution in [0.3, 0.4) is 0 Å². The first-order valence-corrected chi connectivity index (χ1v) is 10.7. The van der Waals surface area contributed by atoms with Crippen LogP contribution in [0.5, 0.6) is 0 Å². The van der Waals surface area contributed by atoms with Gasteiger partial charge in [0.2, 0.25) is 0 Å². The summed E-state index contributed by atoms with van der Waals surface area (Å²) < 4.78 is 4.67. The quantitative estimate of drug-likeness (QED) is 0.189. The van der Waals surface area contributed by atoms with Crippen LogP contribution in [0, 0.1) is 0 Å². The standard InChI is InChI=1S/C19H38O2.C2H5N/c1-2-3-4-5-6-7-8-9-10-11-12-13-14-15-16-17-18-21-19-20;1-2-3-1/h19H,2-18H2,1H3;3H,1-2H2. The van der Waals surface area contributed by atoms with Gasteiger partial charge in [-0.25, -0.2) is 0 Å². The Hall–Kier alpha value is -0.570. The molecule has 0 radical (unpaired) electrons. The zero-order chi connectivity index (χ0) is 17.6. The Bertz CT molecular complexity index is 229. The smallest absolute Gasteiger partial charge is 0.293 e. The predicted octanol–water partition coefficient (Wildman–Crippen LogP) is 6.01. The predicted molar refractivity (Wildman–Crippen MR) is 104 cm³/mol. The molecule has 0 atom stereocenters. The van der Waals surface area contributed by atoms with Gasteiger partial charge in [-0.15, -0.1) is 0 Å². The van der Waals surface area contributed by atoms with Crippen molar-refractivity contribution < 1.29 is 9.53 Å². The first-order chi connectivity index (χ1) is 11.9. The SMILES string of the molecule is C1CN1.CCCCCCCCCCCCCCCCCCOC=O. The van der Waals surface area contributed by atoms with Crippen molar-refractivity contribution in [3.63, 3.8) is 0 Å². The fourth-order valence-corrected chi connectivity index (χ4v) is 2.78. The van der Waals surface area contributed by atoms with Crippen LogP contribution in [-0.2, 0) is 9.53 Å². The molecule has 0 saturated carbocycles. The summed E-state index contributed by atoms with van der Waals surface area (Å²) in [5.74, 6) is 0. The van der Waals surface area contributed by atoms with Crippen molar-refractivity contribution in [1.82, 2.24) is 5.32 Å². The summed E-state index contributed by atoms with van der Waals surface area (Å²) in [6.45, 7) is 5.93. The Morgan fingerprint density at radius 2 is 1.00 bits per heavy atom. The molecule has 0 aromatic rings. The fourth-order valence-electron chi connectivity index (χ4n) is 2.78. The van der Waals surface area contributed by atoms with E-state index in [4.69, 9.17) is 0 Å². The second-order valence-corrected chi connectivity index (χ2v) is 7.02. The highest BCUT2D eigenvalue weighted by Crippen LogP contribution is 2.13. The van der Waals surface area contributed by atoms with E-state index >= 15 is 0 Å². The third kappa shape index (κ3) is 26.3. The highest BCUT2D eigenvalue weighted by molar-refractivity contribution is 5.36. The Kier molecular flexibility index (Phi) is 21.9. The zero-order valence-electron chi connectivity index (χ0n) is 16.3. The molecule has 0 aromatic carbocycles. The normalized spacial score (nSPS) is 12.4. The second-order valence-electron chi connectivity index (χ2n) is 7.02. The van der Waals surface area contributed by atoms with Crippen LogP contribution in [0.2, 0.25) is 0 Å². The molecule has 0 unspecified atom stereocenters. The van der Waals surface area contributed by atoms with Gasteiger partial charge >= 0.3 is 0 Å². The third-order valence-corrected chi connectivity index (χ3v) is 4.43. The molecule has 0 amide bonds. The van der Waals surface area contributed by atoms with Crippen molar-refractivity contribution in [2.24, 2.45) is 0 Å². The molecule has 0 spiro atoms. The number of carbonyl (C=O) groups excluding carboxylic acids is 1. The molecule has 144 valence electrons. The average Bonchev–Trinajstić information content (AvgIpc) is 3.47. The maximum absolute atomic E-state index is 9.94. The summed E-state index contributed by atoms with van der Waals surface area (Å²) >= 11 is 0. The summed E-state index contributed by atoms with van der Waals surface area (Å²) in [6, 6.07) is 0. The van der Waals surface area contributed by atoms with Gasteiger partial charge in [-0.05, 0) is 6.42 Å². The highest BCUT2D eigenvalue weighted by atomic mass is 16.5. The number of hydrogen-bond donors (Lipinski definition) is 1. The van der Waals surface area contributed by atoms with Crippen molar-refractivity contribution >= 4 is 6.47 Å². The first-order valence-electron chi connectivity index (χ1n) is 10.7. The summed E-state index contributed by atoms with van der Waals surface area (Å²) in [5, 5.41) is 3.00. The molecule has 3 nitrogen and oxygen atoms in total. The van der Waals surface area contributed by atoms with E-state index in [1.807, 2.05) is 0 Å². The lowest BCUT2D eigenvalue weighted by atomic mass is 10.0. The number of nitrogens with one attached hydrogen (secondary N) is 1. The number of carbonyl (C=O) groups is 1. The summed E-state index contributed by atoms with van der Waals surface area (Å²) in [6.07, 6.45) is 22.0. The van der Waals surface area contributed by atoms with Gasteiger partial charge in [-0.1, -0.05) is 103 Å². The molecular formula is C21H43NO2. The monoisotopic (exact) mass is 341 g/mol. The largest absolute Gasteiger partial charge is 0.468 e. The van der Waals surface area contributed by atoms with Crippen LogP contribution in [0.25, 0.3) is 0 Å². The first kappa shape index (κ1) is 23.4. The maximum atomic E-state index is 9.94. The van der Waals surface area contributed by atoms with Gasteiger partial charge in [0.1, 0.15) is 0 Å². The number of rotatable bonds is 18. The van der Waals surface area contributed by atoms with Gasteiger partial charge in [0.25, 0.3) is 6.47 Å². The Labute approximate surface area is 151 Å². The van der Waals surface area contributed by atoms with Crippen molar-refractivity contribution in [2.75, 3.05) is 19.7 Å². The summed E-state index contributed by atoms with van der Waals surface area (Å²) in [7, 11) is 0. The van der Waals surface area contributed by atoms with Crippen LogP contribution in [0.1, 0.15) is 110 Å². The minimum atomic E-state index is 0.547. The minimum absolute atomic E-state index is 0.547. The molecule has 0 aliphatic carbocycles. The van der Waals surface area contributed by atoms with Gasteiger partial charge < -0.3 is 10.1 Å². The van der Waals surface area contributed by atoms with Crippen LogP contribution in [0.15, 0.2) is 0 Å². The maximum Gasteiger partial charge on any atom is 0.293 e. The van der Waals surface area contributed by atoms with E-state index in [2.05, 4.69) is 17.0 Å². The van der Waals surface area contributed by atoms with Crippen LogP contribution >= 0.6 is 0 Å². The zero-order valence-corrected chi connectivity index (χ0v) is 16.3. The van der Waals surface area contributed by atoms with E-state index in [1.165, 1.54) is 109 Å². The van der Waals surface area contributed by atoms with Gasteiger partial charge in [0, 0.05) is 13.1 Å². The van der Waals surface area contributed by atoms with E-state index in [0.717, 1.165) is 6.42 Å². The number of unbranched alkanes of at least 4 members (excludes halogenated alkanes) is 15. The topological polar surface area (TPSA) is 48.2 Å². The molecule has 1 saturated heterocycles. The molecular weight excluding hydrogens is 298 g/mol. The van der Waals surface area contributed by atoms with Crippen molar-refractivity contribution in [2.45, 2.75) is 110 Å². The Morgan fingerprint density at radius 1 is 0.667 bits per heavy atom. The van der Waals surface area contributed by atoms with Crippen LogP contribution in [-0.4, -0.2) is 26.2 Å². The fraction of sp³-hybridized carbons (Fsp3) is 0.952. The van der Waals surface area contributed by atoms with E-state index in [9.17, 15) is 4.79 Å². The molecule has 1 aliphatic rings. The highest BCUT2D eigenvalue weighted by Gasteiger charge is 1.94. The van der Waals surface area contributed by atoms with Gasteiger partial charge in [-0.2, -0.15) is 0 Å². The van der Waals surface area contributed by atoms with E-state index < -0.39 is 0 Å². The molecule has 24 heavy (non-hydrogen) atoms. The molecule has 0 bridgehead atoms. The Balaban J connectivity index is 0.00000157. The van der Waals surface area contributed by atoms with E-state index in [1.54, 1.807) is 0 Å². The van der Waals surface area contributed by atoms with Crippen LogP contribution in [0.4, 0.5) is 0 Å². The van der Waals surface area contributed by atoms with Crippen LogP contribution < -0.4 is 5.32 Å².